The maximum atomic E-state index is 16.3. The van der Waals surface area contributed by atoms with Crippen LogP contribution in [-0.4, -0.2) is 11.8 Å². The van der Waals surface area contributed by atoms with Crippen molar-refractivity contribution < 1.29 is 8.78 Å². The van der Waals surface area contributed by atoms with Crippen LogP contribution in [0.1, 0.15) is 19.3 Å². The average Bonchev–Trinajstić information content (AvgIpc) is 2.70. The van der Waals surface area contributed by atoms with Crippen LogP contribution < -0.4 is 15.9 Å². The van der Waals surface area contributed by atoms with Crippen molar-refractivity contribution in [3.05, 3.63) is 91.0 Å². The molecule has 0 bridgehead atoms. The van der Waals surface area contributed by atoms with E-state index in [1.54, 1.807) is 0 Å². The topological polar surface area (TPSA) is 0 Å². The third-order valence-electron chi connectivity index (χ3n) is 6.03. The molecule has 1 saturated heterocycles. The summed E-state index contributed by atoms with van der Waals surface area (Å²) in [6, 6.07) is 28.7. The summed E-state index contributed by atoms with van der Waals surface area (Å²) in [5.41, 5.74) is -2.77. The zero-order valence-electron chi connectivity index (χ0n) is 14.7. The zero-order chi connectivity index (χ0) is 18.1. The molecule has 26 heavy (non-hydrogen) atoms. The first-order chi connectivity index (χ1) is 12.6. The normalized spacial score (nSPS) is 22.0. The summed E-state index contributed by atoms with van der Waals surface area (Å²) in [6.45, 7) is -3.94. The van der Waals surface area contributed by atoms with Crippen LogP contribution in [0.25, 0.3) is 0 Å². The molecule has 1 heterocycles. The minimum atomic E-state index is -3.94. The van der Waals surface area contributed by atoms with E-state index in [1.807, 2.05) is 91.0 Å². The van der Waals surface area contributed by atoms with Crippen molar-refractivity contribution in [1.29, 1.82) is 0 Å². The molecule has 4 rings (SSSR count). The van der Waals surface area contributed by atoms with Gasteiger partial charge in [0.15, 0.2) is 0 Å². The van der Waals surface area contributed by atoms with E-state index in [2.05, 4.69) is 0 Å². The van der Waals surface area contributed by atoms with E-state index in [0.717, 1.165) is 22.3 Å². The number of benzene rings is 3. The molecule has 1 aliphatic heterocycles. The van der Waals surface area contributed by atoms with Crippen molar-refractivity contribution in [2.45, 2.75) is 24.9 Å². The van der Waals surface area contributed by atoms with Crippen LogP contribution in [0, 0.1) is 0 Å². The second kappa shape index (κ2) is 6.28. The predicted octanol–water partition coefficient (Wildman–Crippen LogP) is 5.29. The molecule has 0 unspecified atom stereocenters. The van der Waals surface area contributed by atoms with Crippen LogP contribution in [0.4, 0.5) is 8.78 Å². The molecule has 0 aliphatic carbocycles. The van der Waals surface area contributed by atoms with Crippen molar-refractivity contribution in [3.8, 4) is 0 Å². The van der Waals surface area contributed by atoms with Crippen LogP contribution in [-0.2, 0) is 0 Å². The van der Waals surface area contributed by atoms with Gasteiger partial charge in [0.25, 0.3) is 0 Å². The van der Waals surface area contributed by atoms with E-state index in [9.17, 15) is 0 Å². The van der Waals surface area contributed by atoms with Gasteiger partial charge in [-0.25, -0.2) is 0 Å². The number of hydrogen-bond acceptors (Lipinski definition) is 0. The first kappa shape index (κ1) is 17.4. The first-order valence-corrected chi connectivity index (χ1v) is 11.6. The van der Waals surface area contributed by atoms with Crippen LogP contribution in [0.3, 0.4) is 0 Å². The molecule has 0 aromatic heterocycles. The Labute approximate surface area is 153 Å². The molecule has 3 aromatic rings. The Kier molecular flexibility index (Phi) is 4.20. The van der Waals surface area contributed by atoms with Crippen molar-refractivity contribution >= 4 is 22.5 Å². The second-order valence-corrected chi connectivity index (χ2v) is 12.4. The average molecular weight is 368 g/mol. The Morgan fingerprint density at radius 1 is 0.577 bits per heavy atom. The Morgan fingerprint density at radius 2 is 0.962 bits per heavy atom. The van der Waals surface area contributed by atoms with Gasteiger partial charge in [0, 0.05) is 0 Å². The molecule has 0 spiro atoms. The summed E-state index contributed by atoms with van der Waals surface area (Å²) >= 11 is 0. The number of rotatable bonds is 3. The van der Waals surface area contributed by atoms with E-state index in [-0.39, 0.29) is 6.42 Å². The van der Waals surface area contributed by atoms with E-state index >= 15 is 8.78 Å². The quantitative estimate of drug-likeness (QED) is 0.551. The summed E-state index contributed by atoms with van der Waals surface area (Å²) in [6.07, 6.45) is 1.88. The van der Waals surface area contributed by atoms with E-state index in [1.165, 1.54) is 0 Å². The molecule has 3 heteroatoms. The monoisotopic (exact) mass is 368 g/mol. The van der Waals surface area contributed by atoms with Gasteiger partial charge in [0.1, 0.15) is 0 Å². The molecule has 1 aliphatic rings. The summed E-state index contributed by atoms with van der Waals surface area (Å²) in [5, 5.41) is 2.42. The van der Waals surface area contributed by atoms with Crippen LogP contribution in [0.5, 0.6) is 0 Å². The van der Waals surface area contributed by atoms with Crippen LogP contribution in [0.15, 0.2) is 91.0 Å². The van der Waals surface area contributed by atoms with Gasteiger partial charge in [0.05, 0.1) is 0 Å². The minimum absolute atomic E-state index is 0.0521. The van der Waals surface area contributed by atoms with Gasteiger partial charge in [-0.05, 0) is 0 Å². The molecular weight excluding hydrogens is 345 g/mol. The Balaban J connectivity index is 2.23. The van der Waals surface area contributed by atoms with Crippen LogP contribution in [0.2, 0.25) is 0 Å². The molecule has 0 amide bonds. The van der Waals surface area contributed by atoms with Gasteiger partial charge in [0.2, 0.25) is 0 Å². The van der Waals surface area contributed by atoms with Crippen molar-refractivity contribution in [1.82, 2.24) is 0 Å². The fourth-order valence-electron chi connectivity index (χ4n) is 4.85. The van der Waals surface area contributed by atoms with Gasteiger partial charge in [-0.15, -0.1) is 0 Å². The number of halogens is 2. The molecule has 0 atom stereocenters. The molecular formula is C23H23F2P. The molecule has 0 saturated carbocycles. The number of alkyl halides is 2. The third-order valence-corrected chi connectivity index (χ3v) is 13.2. The summed E-state index contributed by atoms with van der Waals surface area (Å²) < 4.78 is 32.6. The molecule has 0 nitrogen and oxygen atoms in total. The van der Waals surface area contributed by atoms with Crippen molar-refractivity contribution in [2.24, 2.45) is 0 Å². The van der Waals surface area contributed by atoms with Crippen LogP contribution >= 0.6 is 6.60 Å². The van der Waals surface area contributed by atoms with Crippen molar-refractivity contribution in [3.63, 3.8) is 0 Å². The van der Waals surface area contributed by atoms with E-state index < -0.39 is 12.3 Å². The van der Waals surface area contributed by atoms with Gasteiger partial charge >= 0.3 is 153 Å². The summed E-state index contributed by atoms with van der Waals surface area (Å²) in [4.78, 5) is 0. The standard InChI is InChI=1S/C23H23F2P/c24-23(25)18-10-11-19-26(23,20-12-4-1-5-13-20,21-14-6-2-7-15-21)22-16-8-3-9-17-22/h1-9,12-17H,10-11,18-19H2. The molecule has 0 N–H and O–H groups in total. The van der Waals surface area contributed by atoms with Gasteiger partial charge in [-0.1, -0.05) is 0 Å². The Hall–Kier alpha value is -2.05. The van der Waals surface area contributed by atoms with E-state index in [0.29, 0.717) is 12.6 Å². The Morgan fingerprint density at radius 3 is 1.31 bits per heavy atom. The van der Waals surface area contributed by atoms with Gasteiger partial charge < -0.3 is 0 Å². The summed E-state index contributed by atoms with van der Waals surface area (Å²) in [7, 11) is 0. The fraction of sp³-hybridized carbons (Fsp3) is 0.217. The molecule has 3 aromatic carbocycles. The SMILES string of the molecule is FC1(F)CCCCP1(c1ccccc1)(c1ccccc1)c1ccccc1. The molecule has 1 fully saturated rings. The maximum absolute atomic E-state index is 16.3. The summed E-state index contributed by atoms with van der Waals surface area (Å²) in [5.74, 6) is 0. The fourth-order valence-corrected chi connectivity index (χ4v) is 12.0. The van der Waals surface area contributed by atoms with Crippen molar-refractivity contribution in [2.75, 3.05) is 6.16 Å². The first-order valence-electron chi connectivity index (χ1n) is 9.17. The predicted molar refractivity (Wildman–Crippen MR) is 109 cm³/mol. The van der Waals surface area contributed by atoms with E-state index in [4.69, 9.17) is 0 Å². The number of hydrogen-bond donors (Lipinski definition) is 0. The van der Waals surface area contributed by atoms with Gasteiger partial charge in [-0.3, -0.25) is 0 Å². The van der Waals surface area contributed by atoms with Gasteiger partial charge in [-0.2, -0.15) is 0 Å². The zero-order valence-corrected chi connectivity index (χ0v) is 15.6. The Bertz CT molecular complexity index is 776. The molecule has 134 valence electrons. The molecule has 0 radical (unpaired) electrons. The second-order valence-electron chi connectivity index (χ2n) is 7.16. The third kappa shape index (κ3) is 2.09.